The van der Waals surface area contributed by atoms with Crippen LogP contribution in [0.1, 0.15) is 11.5 Å². The lowest BCUT2D eigenvalue weighted by Gasteiger charge is -1.95. The van der Waals surface area contributed by atoms with Crippen LogP contribution in [-0.4, -0.2) is 4.98 Å². The van der Waals surface area contributed by atoms with E-state index in [1.807, 2.05) is 30.3 Å². The lowest BCUT2D eigenvalue weighted by atomic mass is 10.1. The molecule has 0 amide bonds. The summed E-state index contributed by atoms with van der Waals surface area (Å²) in [6.07, 6.45) is 4.64. The number of hydrogen-bond acceptors (Lipinski definition) is 3. The van der Waals surface area contributed by atoms with E-state index in [0.29, 0.717) is 17.0 Å². The van der Waals surface area contributed by atoms with Gasteiger partial charge in [-0.25, -0.2) is 13.8 Å². The molecule has 0 N–H and O–H groups in total. The van der Waals surface area contributed by atoms with Crippen LogP contribution in [0.4, 0.5) is 8.78 Å². The van der Waals surface area contributed by atoms with Crippen molar-refractivity contribution < 1.29 is 17.6 Å². The second-order valence-corrected chi connectivity index (χ2v) is 5.21. The first-order chi connectivity index (χ1) is 11.7. The van der Waals surface area contributed by atoms with Crippen molar-refractivity contribution in [3.8, 4) is 11.3 Å². The third-order valence-corrected chi connectivity index (χ3v) is 3.58. The Balaban J connectivity index is 1.66. The molecule has 0 spiro atoms. The average Bonchev–Trinajstić information content (AvgIpc) is 3.22. The molecule has 0 unspecified atom stereocenters. The fourth-order valence-electron chi connectivity index (χ4n) is 2.41. The van der Waals surface area contributed by atoms with E-state index in [9.17, 15) is 8.78 Å². The molecule has 0 saturated heterocycles. The molecule has 3 nitrogen and oxygen atoms in total. The van der Waals surface area contributed by atoms with Crippen LogP contribution >= 0.6 is 0 Å². The van der Waals surface area contributed by atoms with Crippen molar-refractivity contribution in [2.75, 3.05) is 0 Å². The van der Waals surface area contributed by atoms with Crippen molar-refractivity contribution in [2.45, 2.75) is 0 Å². The Labute approximate surface area is 135 Å². The summed E-state index contributed by atoms with van der Waals surface area (Å²) in [6.45, 7) is 0. The summed E-state index contributed by atoms with van der Waals surface area (Å²) in [5.74, 6) is -0.177. The van der Waals surface area contributed by atoms with Gasteiger partial charge in [-0.3, -0.25) is 0 Å². The lowest BCUT2D eigenvalue weighted by molar-refractivity contribution is 0.579. The number of benzene rings is 2. The predicted octanol–water partition coefficient (Wildman–Crippen LogP) is 5.54. The van der Waals surface area contributed by atoms with Gasteiger partial charge < -0.3 is 8.83 Å². The van der Waals surface area contributed by atoms with Gasteiger partial charge in [0.25, 0.3) is 0 Å². The largest absolute Gasteiger partial charge is 0.464 e. The number of hydrogen-bond donors (Lipinski definition) is 0. The first kappa shape index (κ1) is 14.4. The van der Waals surface area contributed by atoms with Crippen LogP contribution in [0.15, 0.2) is 63.6 Å². The van der Waals surface area contributed by atoms with E-state index in [1.54, 1.807) is 12.3 Å². The van der Waals surface area contributed by atoms with Gasteiger partial charge >= 0.3 is 0 Å². The van der Waals surface area contributed by atoms with E-state index in [4.69, 9.17) is 8.83 Å². The summed E-state index contributed by atoms with van der Waals surface area (Å²) in [5.41, 5.74) is 2.42. The Morgan fingerprint density at radius 1 is 0.958 bits per heavy atom. The summed E-state index contributed by atoms with van der Waals surface area (Å²) < 4.78 is 37.5. The van der Waals surface area contributed by atoms with Gasteiger partial charge in [-0.2, -0.15) is 0 Å². The van der Waals surface area contributed by atoms with Crippen LogP contribution in [-0.2, 0) is 0 Å². The van der Waals surface area contributed by atoms with Crippen LogP contribution < -0.4 is 0 Å². The maximum Gasteiger partial charge on any atom is 0.220 e. The molecular formula is C19H11F2NO2. The maximum atomic E-state index is 13.6. The maximum absolute atomic E-state index is 13.6. The van der Waals surface area contributed by atoms with Gasteiger partial charge in [0, 0.05) is 23.3 Å². The highest BCUT2D eigenvalue weighted by molar-refractivity contribution is 5.80. The molecule has 0 radical (unpaired) electrons. The zero-order chi connectivity index (χ0) is 16.5. The minimum absolute atomic E-state index is 0.259. The van der Waals surface area contributed by atoms with Gasteiger partial charge in [-0.15, -0.1) is 0 Å². The summed E-state index contributed by atoms with van der Waals surface area (Å²) >= 11 is 0. The zero-order valence-corrected chi connectivity index (χ0v) is 12.4. The zero-order valence-electron chi connectivity index (χ0n) is 12.4. The van der Waals surface area contributed by atoms with Gasteiger partial charge in [-0.1, -0.05) is 0 Å². The molecule has 0 aliphatic carbocycles. The fraction of sp³-hybridized carbons (Fsp3) is 0. The summed E-state index contributed by atoms with van der Waals surface area (Å²) in [5, 5.41) is 0. The highest BCUT2D eigenvalue weighted by atomic mass is 19.1. The molecule has 5 heteroatoms. The Bertz CT molecular complexity index is 1030. The van der Waals surface area contributed by atoms with Crippen molar-refractivity contribution in [1.82, 2.24) is 4.98 Å². The molecule has 2 heterocycles. The van der Waals surface area contributed by atoms with Crippen LogP contribution in [0.25, 0.3) is 34.6 Å². The molecule has 118 valence electrons. The van der Waals surface area contributed by atoms with Crippen LogP contribution in [0.2, 0.25) is 0 Å². The third-order valence-electron chi connectivity index (χ3n) is 3.58. The van der Waals surface area contributed by atoms with E-state index in [2.05, 4.69) is 4.98 Å². The lowest BCUT2D eigenvalue weighted by Crippen LogP contribution is -1.83. The Morgan fingerprint density at radius 2 is 1.88 bits per heavy atom. The molecule has 0 saturated carbocycles. The second kappa shape index (κ2) is 5.77. The minimum atomic E-state index is -0.637. The van der Waals surface area contributed by atoms with E-state index >= 15 is 0 Å². The third kappa shape index (κ3) is 2.72. The molecule has 2 aromatic carbocycles. The van der Waals surface area contributed by atoms with Crippen molar-refractivity contribution in [3.63, 3.8) is 0 Å². The normalized spacial score (nSPS) is 11.6. The number of furan rings is 1. The molecule has 0 aliphatic heterocycles. The molecular weight excluding hydrogens is 312 g/mol. The summed E-state index contributed by atoms with van der Waals surface area (Å²) in [4.78, 5) is 4.32. The monoisotopic (exact) mass is 323 g/mol. The summed E-state index contributed by atoms with van der Waals surface area (Å²) in [7, 11) is 0. The van der Waals surface area contributed by atoms with Crippen LogP contribution in [0, 0.1) is 11.6 Å². The van der Waals surface area contributed by atoms with Gasteiger partial charge in [0.2, 0.25) is 5.89 Å². The quantitative estimate of drug-likeness (QED) is 0.497. The molecule has 24 heavy (non-hydrogen) atoms. The molecule has 0 aliphatic rings. The number of rotatable bonds is 3. The van der Waals surface area contributed by atoms with Crippen molar-refractivity contribution in [1.29, 1.82) is 0 Å². The van der Waals surface area contributed by atoms with E-state index in [1.165, 1.54) is 18.2 Å². The van der Waals surface area contributed by atoms with Crippen molar-refractivity contribution in [3.05, 3.63) is 77.9 Å². The number of fused-ring (bicyclic) bond motifs is 1. The Morgan fingerprint density at radius 3 is 2.67 bits per heavy atom. The fourth-order valence-corrected chi connectivity index (χ4v) is 2.41. The molecule has 0 fully saturated rings. The van der Waals surface area contributed by atoms with Crippen LogP contribution in [0.3, 0.4) is 0 Å². The van der Waals surface area contributed by atoms with Gasteiger partial charge in [0.1, 0.15) is 22.9 Å². The number of nitrogens with zero attached hydrogens (tertiary/aromatic N) is 1. The highest BCUT2D eigenvalue weighted by Gasteiger charge is 2.07. The molecule has 0 atom stereocenters. The Hall–Kier alpha value is -3.21. The second-order valence-electron chi connectivity index (χ2n) is 5.21. The summed E-state index contributed by atoms with van der Waals surface area (Å²) in [6, 6.07) is 12.6. The SMILES string of the molecule is Fc1ccc(/C=C/c2nc3ccc(-c4ccco4)cc3o2)c(F)c1. The Kier molecular flexibility index (Phi) is 3.46. The highest BCUT2D eigenvalue weighted by Crippen LogP contribution is 2.26. The molecule has 0 bridgehead atoms. The standard InChI is InChI=1S/C19H11F2NO2/c20-14-6-3-12(15(21)11-14)5-8-19-22-16-7-4-13(10-18(16)24-19)17-2-1-9-23-17/h1-11H/b8-5+. The van der Waals surface area contributed by atoms with Gasteiger partial charge in [0.15, 0.2) is 5.58 Å². The van der Waals surface area contributed by atoms with E-state index < -0.39 is 11.6 Å². The minimum Gasteiger partial charge on any atom is -0.464 e. The molecule has 2 aromatic heterocycles. The first-order valence-electron chi connectivity index (χ1n) is 7.27. The van der Waals surface area contributed by atoms with E-state index in [-0.39, 0.29) is 5.56 Å². The van der Waals surface area contributed by atoms with Gasteiger partial charge in [0.05, 0.1) is 6.26 Å². The smallest absolute Gasteiger partial charge is 0.220 e. The van der Waals surface area contributed by atoms with Crippen molar-refractivity contribution in [2.24, 2.45) is 0 Å². The van der Waals surface area contributed by atoms with Gasteiger partial charge in [-0.05, 0) is 48.5 Å². The van der Waals surface area contributed by atoms with Crippen LogP contribution in [0.5, 0.6) is 0 Å². The first-order valence-corrected chi connectivity index (χ1v) is 7.27. The number of halogens is 2. The molecule has 4 rings (SSSR count). The number of oxazole rings is 1. The molecule has 4 aromatic rings. The van der Waals surface area contributed by atoms with Crippen molar-refractivity contribution >= 4 is 23.3 Å². The number of aromatic nitrogens is 1. The average molecular weight is 323 g/mol. The predicted molar refractivity (Wildman–Crippen MR) is 87.0 cm³/mol. The van der Waals surface area contributed by atoms with E-state index in [0.717, 1.165) is 17.4 Å². The topological polar surface area (TPSA) is 39.2 Å².